The molecule has 3 aliphatic carbocycles. The van der Waals surface area contributed by atoms with Gasteiger partial charge in [0.25, 0.3) is 5.92 Å². The van der Waals surface area contributed by atoms with Crippen LogP contribution in [0.2, 0.25) is 0 Å². The molecule has 8 rings (SSSR count). The number of nitrogens with zero attached hydrogens (tertiary/aromatic N) is 3. The second-order valence-corrected chi connectivity index (χ2v) is 17.7. The highest BCUT2D eigenvalue weighted by Gasteiger charge is 2.68. The largest absolute Gasteiger partial charge is 0.481 e. The van der Waals surface area contributed by atoms with Crippen molar-refractivity contribution >= 4 is 19.1 Å². The van der Waals surface area contributed by atoms with Crippen molar-refractivity contribution in [2.75, 3.05) is 19.7 Å². The van der Waals surface area contributed by atoms with Crippen LogP contribution in [0.15, 0.2) is 24.3 Å². The van der Waals surface area contributed by atoms with Crippen LogP contribution in [0.25, 0.3) is 0 Å². The van der Waals surface area contributed by atoms with Crippen molar-refractivity contribution in [3.05, 3.63) is 35.6 Å². The topological polar surface area (TPSA) is 104 Å². The van der Waals surface area contributed by atoms with Gasteiger partial charge < -0.3 is 24.3 Å². The van der Waals surface area contributed by atoms with Crippen LogP contribution in [-0.2, 0) is 25.3 Å². The van der Waals surface area contributed by atoms with Crippen molar-refractivity contribution in [2.45, 2.75) is 140 Å². The first-order chi connectivity index (χ1) is 24.0. The predicted octanol–water partition coefficient (Wildman–Crippen LogP) is 6.29. The summed E-state index contributed by atoms with van der Waals surface area (Å²) >= 11 is 0. The van der Waals surface area contributed by atoms with Gasteiger partial charge in [-0.25, -0.2) is 18.0 Å². The number of amides is 2. The van der Waals surface area contributed by atoms with Gasteiger partial charge in [-0.15, -0.1) is 0 Å². The van der Waals surface area contributed by atoms with Gasteiger partial charge in [0.05, 0.1) is 35.8 Å². The lowest BCUT2D eigenvalue weighted by molar-refractivity contribution is -0.199. The number of carbonyl (C=O) groups excluding carboxylic acids is 2. The van der Waals surface area contributed by atoms with Crippen LogP contribution in [0.5, 0.6) is 0 Å². The molecule has 1 unspecified atom stereocenters. The number of hydrogen-bond acceptors (Lipinski definition) is 7. The Labute approximate surface area is 300 Å². The summed E-state index contributed by atoms with van der Waals surface area (Å²) in [5, 5.41) is 13.2. The van der Waals surface area contributed by atoms with Crippen molar-refractivity contribution < 1.29 is 36.8 Å². The molecule has 13 heteroatoms. The van der Waals surface area contributed by atoms with E-state index in [4.69, 9.17) is 14.0 Å². The molecular formula is C38H52BF3N4O5. The average Bonchev–Trinajstić information content (AvgIpc) is 3.84. The molecule has 2 amide bonds. The first-order valence-electron chi connectivity index (χ1n) is 18.8. The minimum absolute atomic E-state index is 0.0176. The number of aryl methyl sites for hydroxylation is 1. The third kappa shape index (κ3) is 6.56. The molecule has 7 aliphatic rings. The Morgan fingerprint density at radius 2 is 1.84 bits per heavy atom. The van der Waals surface area contributed by atoms with Crippen LogP contribution < -0.4 is 5.32 Å². The smallest absolute Gasteiger partial charge is 0.447 e. The summed E-state index contributed by atoms with van der Waals surface area (Å²) in [6.07, 6.45) is 5.03. The van der Waals surface area contributed by atoms with E-state index in [1.54, 1.807) is 21.9 Å². The number of alkyl halides is 2. The number of hydrogen-bond donors (Lipinski definition) is 1. The van der Waals surface area contributed by atoms with Gasteiger partial charge in [0, 0.05) is 24.5 Å². The van der Waals surface area contributed by atoms with E-state index in [0.29, 0.717) is 37.5 Å². The monoisotopic (exact) mass is 712 g/mol. The molecule has 6 atom stereocenters. The van der Waals surface area contributed by atoms with Crippen LogP contribution in [-0.4, -0.2) is 89.3 Å². The fraction of sp³-hybridized carbons (Fsp3) is 0.763. The summed E-state index contributed by atoms with van der Waals surface area (Å²) in [6, 6.07) is 8.44. The molecule has 1 N–H and O–H groups in total. The molecule has 0 radical (unpaired) electrons. The zero-order valence-electron chi connectivity index (χ0n) is 30.6. The second kappa shape index (κ2) is 12.9. The number of carbonyl (C=O) groups is 2. The fourth-order valence-electron chi connectivity index (χ4n) is 10.6. The van der Waals surface area contributed by atoms with Gasteiger partial charge in [-0.2, -0.15) is 5.26 Å². The maximum atomic E-state index is 14.1. The molecule has 3 saturated carbocycles. The number of nitriles is 1. The fourth-order valence-corrected chi connectivity index (χ4v) is 10.6. The van der Waals surface area contributed by atoms with Crippen molar-refractivity contribution in [3.63, 3.8) is 0 Å². The lowest BCUT2D eigenvalue weighted by atomic mass is 9.43. The summed E-state index contributed by atoms with van der Waals surface area (Å²) in [5.41, 5.74) is -0.877. The Morgan fingerprint density at radius 3 is 2.47 bits per heavy atom. The Bertz CT molecular complexity index is 1550. The van der Waals surface area contributed by atoms with Crippen molar-refractivity contribution in [3.8, 4) is 6.07 Å². The Balaban J connectivity index is 1.02. The van der Waals surface area contributed by atoms with E-state index in [1.165, 1.54) is 12.1 Å². The normalized spacial score (nSPS) is 34.4. The average molecular weight is 713 g/mol. The molecule has 4 saturated heterocycles. The summed E-state index contributed by atoms with van der Waals surface area (Å²) in [7, 11) is -0.683. The molecule has 9 nitrogen and oxygen atoms in total. The standard InChI is InChI=1S/C38H52BF3N4O5/c1-34(2,45-17-16-38(41,42)22-45)20-25(21-43)32(47)46-28-12-14-37(46,15-13-28)23-49-33(48)44-31(11-8-24-6-9-27(40)10-7-24)39-50-30-19-26-18-29(35(26,3)4)36(30,5)51-39/h6-7,9-10,25-26,28-31H,8,11-20,22-23H2,1-5H3,(H,44,48)/t25?,26-,28?,29-,30+,31-,36-,37?/m0/s1. The highest BCUT2D eigenvalue weighted by molar-refractivity contribution is 6.47. The quantitative estimate of drug-likeness (QED) is 0.269. The molecule has 4 bridgehead atoms. The van der Waals surface area contributed by atoms with Crippen LogP contribution in [0, 0.1) is 40.3 Å². The zero-order valence-corrected chi connectivity index (χ0v) is 30.6. The van der Waals surface area contributed by atoms with E-state index in [1.807, 2.05) is 13.8 Å². The Kier molecular flexibility index (Phi) is 9.27. The molecule has 51 heavy (non-hydrogen) atoms. The van der Waals surface area contributed by atoms with Gasteiger partial charge in [-0.1, -0.05) is 26.0 Å². The number of rotatable bonds is 11. The summed E-state index contributed by atoms with van der Waals surface area (Å²) in [4.78, 5) is 31.1. The van der Waals surface area contributed by atoms with E-state index < -0.39 is 47.7 Å². The van der Waals surface area contributed by atoms with Gasteiger partial charge in [0.2, 0.25) is 5.91 Å². The third-order valence-electron chi connectivity index (χ3n) is 13.9. The first kappa shape index (κ1) is 36.5. The van der Waals surface area contributed by atoms with E-state index in [-0.39, 0.29) is 61.8 Å². The van der Waals surface area contributed by atoms with E-state index in [2.05, 4.69) is 32.2 Å². The van der Waals surface area contributed by atoms with Gasteiger partial charge in [0.15, 0.2) is 0 Å². The van der Waals surface area contributed by atoms with Crippen molar-refractivity contribution in [1.29, 1.82) is 5.26 Å². The lowest BCUT2D eigenvalue weighted by Gasteiger charge is -2.64. The molecule has 1 aromatic carbocycles. The number of ether oxygens (including phenoxy) is 1. The van der Waals surface area contributed by atoms with Gasteiger partial charge in [0.1, 0.15) is 18.3 Å². The summed E-state index contributed by atoms with van der Waals surface area (Å²) in [5.74, 6) is -4.03. The van der Waals surface area contributed by atoms with E-state index in [9.17, 15) is 28.0 Å². The van der Waals surface area contributed by atoms with E-state index >= 15 is 0 Å². The predicted molar refractivity (Wildman–Crippen MR) is 184 cm³/mol. The Hall–Kier alpha value is -2.82. The number of halogens is 3. The molecule has 7 fully saturated rings. The van der Waals surface area contributed by atoms with Crippen LogP contribution >= 0.6 is 0 Å². The van der Waals surface area contributed by atoms with Crippen molar-refractivity contribution in [1.82, 2.24) is 15.1 Å². The molecule has 0 aromatic heterocycles. The van der Waals surface area contributed by atoms with Gasteiger partial charge in [-0.3, -0.25) is 9.69 Å². The first-order valence-corrected chi connectivity index (χ1v) is 18.8. The SMILES string of the molecule is CC1(C)[C@@H]2C[C@H]3OB([C@H](CCc4ccc(F)cc4)NC(=O)OCC45CCC(CC4)N5C(=O)C(C#N)CC(C)(C)N4CCC(F)(F)C4)O[C@@]3(C)[C@H]1C2. The summed E-state index contributed by atoms with van der Waals surface area (Å²) in [6.45, 7) is 10.2. The lowest BCUT2D eigenvalue weighted by Crippen LogP contribution is -2.65. The van der Waals surface area contributed by atoms with Crippen LogP contribution in [0.1, 0.15) is 98.0 Å². The Morgan fingerprint density at radius 1 is 1.14 bits per heavy atom. The van der Waals surface area contributed by atoms with Crippen LogP contribution in [0.3, 0.4) is 0 Å². The minimum Gasteiger partial charge on any atom is -0.447 e. The highest BCUT2D eigenvalue weighted by atomic mass is 19.3. The van der Waals surface area contributed by atoms with Crippen molar-refractivity contribution in [2.24, 2.45) is 23.2 Å². The summed E-state index contributed by atoms with van der Waals surface area (Å²) < 4.78 is 60.9. The van der Waals surface area contributed by atoms with Gasteiger partial charge in [-0.05, 0) is 114 Å². The number of alkyl carbamates (subject to hydrolysis) is 1. The van der Waals surface area contributed by atoms with Crippen LogP contribution in [0.4, 0.5) is 18.0 Å². The molecule has 0 spiro atoms. The molecule has 278 valence electrons. The highest BCUT2D eigenvalue weighted by Crippen LogP contribution is 2.65. The molecule has 4 heterocycles. The maximum absolute atomic E-state index is 14.1. The number of benzene rings is 1. The minimum atomic E-state index is -2.77. The molecular weight excluding hydrogens is 660 g/mol. The number of nitrogens with one attached hydrogen (secondary N) is 1. The second-order valence-electron chi connectivity index (χ2n) is 17.7. The number of fused-ring (bicyclic) bond motifs is 2. The zero-order chi connectivity index (χ0) is 36.6. The van der Waals surface area contributed by atoms with E-state index in [0.717, 1.165) is 31.2 Å². The molecule has 4 aliphatic heterocycles. The van der Waals surface area contributed by atoms with Gasteiger partial charge >= 0.3 is 13.2 Å². The molecule has 1 aromatic rings. The maximum Gasteiger partial charge on any atom is 0.481 e. The number of likely N-dealkylation sites (tertiary alicyclic amines) is 1. The third-order valence-corrected chi connectivity index (χ3v) is 13.9.